The summed E-state index contributed by atoms with van der Waals surface area (Å²) in [5.41, 5.74) is 2.75. The number of anilines is 1. The first kappa shape index (κ1) is 22.0. The molecule has 0 aliphatic carbocycles. The predicted molar refractivity (Wildman–Crippen MR) is 119 cm³/mol. The normalized spacial score (nSPS) is 14.8. The Morgan fingerprint density at radius 2 is 1.82 bits per heavy atom. The number of fused-ring (bicyclic) bond motifs is 1. The monoisotopic (exact) mass is 446 g/mol. The van der Waals surface area contributed by atoms with Gasteiger partial charge in [-0.2, -0.15) is 0 Å². The molecular formula is C25H22N2O6. The molecule has 0 fully saturated rings. The van der Waals surface area contributed by atoms with Crippen LogP contribution in [-0.2, 0) is 27.3 Å². The summed E-state index contributed by atoms with van der Waals surface area (Å²) in [6.45, 7) is 1.13. The molecule has 0 unspecified atom stereocenters. The highest BCUT2D eigenvalue weighted by atomic mass is 16.5. The summed E-state index contributed by atoms with van der Waals surface area (Å²) in [7, 11) is 0. The fourth-order valence-electron chi connectivity index (χ4n) is 3.73. The molecule has 0 radical (unpaired) electrons. The quantitative estimate of drug-likeness (QED) is 0.460. The van der Waals surface area contributed by atoms with Crippen LogP contribution in [0.3, 0.4) is 0 Å². The van der Waals surface area contributed by atoms with Gasteiger partial charge in [0.25, 0.3) is 11.8 Å². The smallest absolute Gasteiger partial charge is 0.329 e. The molecule has 1 aliphatic rings. The zero-order chi connectivity index (χ0) is 23.4. The number of carbonyl (C=O) groups excluding carboxylic acids is 4. The first-order chi connectivity index (χ1) is 15.9. The second-order valence-electron chi connectivity index (χ2n) is 7.69. The van der Waals surface area contributed by atoms with E-state index in [4.69, 9.17) is 9.15 Å². The minimum Gasteiger partial charge on any atom is -0.459 e. The molecule has 8 heteroatoms. The third-order valence-corrected chi connectivity index (χ3v) is 5.41. The molecule has 1 atom stereocenters. The molecule has 8 nitrogen and oxygen atoms in total. The van der Waals surface area contributed by atoms with Gasteiger partial charge in [0.05, 0.1) is 6.26 Å². The Morgan fingerprint density at radius 1 is 1.03 bits per heavy atom. The van der Waals surface area contributed by atoms with E-state index in [0.717, 1.165) is 11.1 Å². The van der Waals surface area contributed by atoms with Crippen molar-refractivity contribution in [2.24, 2.45) is 0 Å². The van der Waals surface area contributed by atoms with Crippen LogP contribution in [0.25, 0.3) is 0 Å². The number of hydrogen-bond donors (Lipinski definition) is 1. The summed E-state index contributed by atoms with van der Waals surface area (Å²) in [5, 5.41) is 2.60. The molecular weight excluding hydrogens is 424 g/mol. The lowest BCUT2D eigenvalue weighted by Gasteiger charge is -2.34. The fourth-order valence-corrected chi connectivity index (χ4v) is 3.73. The molecule has 1 aliphatic heterocycles. The second kappa shape index (κ2) is 9.52. The van der Waals surface area contributed by atoms with E-state index in [1.54, 1.807) is 30.3 Å². The van der Waals surface area contributed by atoms with Crippen LogP contribution in [0.5, 0.6) is 0 Å². The zero-order valence-corrected chi connectivity index (χ0v) is 17.9. The Balaban J connectivity index is 1.45. The number of esters is 1. The molecule has 0 saturated carbocycles. The first-order valence-electron chi connectivity index (χ1n) is 10.4. The number of rotatable bonds is 6. The van der Waals surface area contributed by atoms with Crippen molar-refractivity contribution >= 4 is 29.3 Å². The van der Waals surface area contributed by atoms with E-state index in [-0.39, 0.29) is 24.5 Å². The molecule has 3 aromatic rings. The Bertz CT molecular complexity index is 1200. The van der Waals surface area contributed by atoms with Gasteiger partial charge in [-0.05, 0) is 42.3 Å². The highest BCUT2D eigenvalue weighted by Crippen LogP contribution is 2.26. The van der Waals surface area contributed by atoms with Gasteiger partial charge in [0.15, 0.2) is 18.2 Å². The number of furan rings is 1. The Labute approximate surface area is 190 Å². The van der Waals surface area contributed by atoms with Gasteiger partial charge in [0, 0.05) is 24.2 Å². The number of amides is 2. The summed E-state index contributed by atoms with van der Waals surface area (Å²) >= 11 is 0. The molecule has 0 spiro atoms. The lowest BCUT2D eigenvalue weighted by molar-refractivity contribution is -0.152. The lowest BCUT2D eigenvalue weighted by atomic mass is 9.93. The SMILES string of the molecule is CC(=O)c1cccc(NC(=O)COC(=O)[C@@H]2Cc3ccccc3CN2C(=O)c2ccco2)c1. The minimum absolute atomic E-state index is 0.121. The van der Waals surface area contributed by atoms with Crippen LogP contribution < -0.4 is 5.32 Å². The van der Waals surface area contributed by atoms with E-state index in [9.17, 15) is 19.2 Å². The first-order valence-corrected chi connectivity index (χ1v) is 10.4. The average molecular weight is 446 g/mol. The number of ether oxygens (including phenoxy) is 1. The van der Waals surface area contributed by atoms with Gasteiger partial charge in [-0.15, -0.1) is 0 Å². The summed E-state index contributed by atoms with van der Waals surface area (Å²) in [6, 6.07) is 16.3. The number of nitrogens with zero attached hydrogens (tertiary/aromatic N) is 1. The van der Waals surface area contributed by atoms with Crippen LogP contribution in [0.15, 0.2) is 71.3 Å². The highest BCUT2D eigenvalue weighted by Gasteiger charge is 2.37. The number of ketones is 1. The highest BCUT2D eigenvalue weighted by molar-refractivity contribution is 5.98. The van der Waals surface area contributed by atoms with Crippen molar-refractivity contribution in [3.05, 3.63) is 89.4 Å². The van der Waals surface area contributed by atoms with Gasteiger partial charge in [-0.3, -0.25) is 14.4 Å². The van der Waals surface area contributed by atoms with E-state index in [1.165, 1.54) is 24.2 Å². The van der Waals surface area contributed by atoms with E-state index in [1.807, 2.05) is 24.3 Å². The van der Waals surface area contributed by atoms with Crippen molar-refractivity contribution in [2.75, 3.05) is 11.9 Å². The summed E-state index contributed by atoms with van der Waals surface area (Å²) in [4.78, 5) is 51.1. The number of nitrogens with one attached hydrogen (secondary N) is 1. The molecule has 0 bridgehead atoms. The van der Waals surface area contributed by atoms with Crippen molar-refractivity contribution in [1.29, 1.82) is 0 Å². The van der Waals surface area contributed by atoms with Gasteiger partial charge in [-0.1, -0.05) is 36.4 Å². The third kappa shape index (κ3) is 5.01. The number of carbonyl (C=O) groups is 4. The van der Waals surface area contributed by atoms with E-state index in [2.05, 4.69) is 5.32 Å². The largest absolute Gasteiger partial charge is 0.459 e. The third-order valence-electron chi connectivity index (χ3n) is 5.41. The van der Waals surface area contributed by atoms with E-state index >= 15 is 0 Å². The molecule has 1 N–H and O–H groups in total. The van der Waals surface area contributed by atoms with Crippen LogP contribution in [0.2, 0.25) is 0 Å². The maximum absolute atomic E-state index is 13.0. The van der Waals surface area contributed by atoms with Crippen LogP contribution in [0.4, 0.5) is 5.69 Å². The topological polar surface area (TPSA) is 106 Å². The standard InChI is InChI=1S/C25H22N2O6/c1-16(28)17-8-4-9-20(12-17)26-23(29)15-33-25(31)21-13-18-6-2-3-7-19(18)14-27(21)24(30)22-10-5-11-32-22/h2-12,21H,13-15H2,1H3,(H,26,29)/t21-/m0/s1. The summed E-state index contributed by atoms with van der Waals surface area (Å²) in [5.74, 6) is -1.67. The molecule has 2 heterocycles. The van der Waals surface area contributed by atoms with Gasteiger partial charge >= 0.3 is 5.97 Å². The van der Waals surface area contributed by atoms with Crippen LogP contribution in [0.1, 0.15) is 39.0 Å². The van der Waals surface area contributed by atoms with Gasteiger partial charge < -0.3 is 19.4 Å². The maximum Gasteiger partial charge on any atom is 0.329 e. The molecule has 168 valence electrons. The second-order valence-corrected chi connectivity index (χ2v) is 7.69. The van der Waals surface area contributed by atoms with Gasteiger partial charge in [0.1, 0.15) is 6.04 Å². The fraction of sp³-hybridized carbons (Fsp3) is 0.200. The van der Waals surface area contributed by atoms with Crippen LogP contribution in [-0.4, -0.2) is 41.1 Å². The minimum atomic E-state index is -0.897. The molecule has 4 rings (SSSR count). The Kier molecular flexibility index (Phi) is 6.35. The number of hydrogen-bond acceptors (Lipinski definition) is 6. The molecule has 1 aromatic heterocycles. The maximum atomic E-state index is 13.0. The van der Waals surface area contributed by atoms with Crippen LogP contribution >= 0.6 is 0 Å². The van der Waals surface area contributed by atoms with Crippen molar-refractivity contribution < 1.29 is 28.3 Å². The predicted octanol–water partition coefficient (Wildman–Crippen LogP) is 3.23. The van der Waals surface area contributed by atoms with E-state index < -0.39 is 30.4 Å². The zero-order valence-electron chi connectivity index (χ0n) is 17.9. The van der Waals surface area contributed by atoms with Crippen molar-refractivity contribution in [2.45, 2.75) is 25.9 Å². The molecule has 2 aromatic carbocycles. The lowest BCUT2D eigenvalue weighted by Crippen LogP contribution is -2.49. The average Bonchev–Trinajstić information content (AvgIpc) is 3.36. The van der Waals surface area contributed by atoms with Crippen molar-refractivity contribution in [1.82, 2.24) is 4.90 Å². The van der Waals surface area contributed by atoms with Gasteiger partial charge in [-0.25, -0.2) is 4.79 Å². The summed E-state index contributed by atoms with van der Waals surface area (Å²) < 4.78 is 10.5. The number of benzene rings is 2. The Morgan fingerprint density at radius 3 is 2.55 bits per heavy atom. The number of Topliss-reactive ketones (excluding diaryl/α,β-unsaturated/α-hetero) is 1. The van der Waals surface area contributed by atoms with Crippen LogP contribution in [0, 0.1) is 0 Å². The Hall–Kier alpha value is -4.20. The molecule has 2 amide bonds. The van der Waals surface area contributed by atoms with Crippen molar-refractivity contribution in [3.8, 4) is 0 Å². The van der Waals surface area contributed by atoms with E-state index in [0.29, 0.717) is 11.3 Å². The molecule has 0 saturated heterocycles. The van der Waals surface area contributed by atoms with Gasteiger partial charge in [0.2, 0.25) is 0 Å². The van der Waals surface area contributed by atoms with Crippen molar-refractivity contribution in [3.63, 3.8) is 0 Å². The summed E-state index contributed by atoms with van der Waals surface area (Å²) in [6.07, 6.45) is 1.66. The molecule has 33 heavy (non-hydrogen) atoms.